The van der Waals surface area contributed by atoms with Crippen molar-refractivity contribution in [3.8, 4) is 0 Å². The van der Waals surface area contributed by atoms with Gasteiger partial charge < -0.3 is 15.5 Å². The van der Waals surface area contributed by atoms with Gasteiger partial charge in [0.2, 0.25) is 11.1 Å². The van der Waals surface area contributed by atoms with E-state index in [1.165, 1.54) is 11.5 Å². The van der Waals surface area contributed by atoms with Crippen LogP contribution in [0.25, 0.3) is 0 Å². The molecule has 0 spiro atoms. The normalized spacial score (nSPS) is 19.3. The lowest BCUT2D eigenvalue weighted by atomic mass is 10.3. The molecule has 13 heavy (non-hydrogen) atoms. The molecule has 0 atom stereocenters. The summed E-state index contributed by atoms with van der Waals surface area (Å²) in [4.78, 5) is 8.62. The third-order valence-corrected chi connectivity index (χ3v) is 2.75. The van der Waals surface area contributed by atoms with E-state index in [2.05, 4.69) is 26.2 Å². The Morgan fingerprint density at radius 1 is 1.31 bits per heavy atom. The van der Waals surface area contributed by atoms with Crippen LogP contribution in [0.1, 0.15) is 0 Å². The third kappa shape index (κ3) is 1.89. The summed E-state index contributed by atoms with van der Waals surface area (Å²) >= 11 is 1.26. The number of hydrogen-bond donors (Lipinski definition) is 1. The maximum atomic E-state index is 5.52. The van der Waals surface area contributed by atoms with Crippen LogP contribution in [0, 0.1) is 0 Å². The first-order valence-electron chi connectivity index (χ1n) is 4.28. The van der Waals surface area contributed by atoms with E-state index < -0.39 is 0 Å². The molecule has 5 nitrogen and oxygen atoms in total. The average Bonchev–Trinajstić information content (AvgIpc) is 2.53. The number of aromatic nitrogens is 2. The van der Waals surface area contributed by atoms with Gasteiger partial charge in [0.1, 0.15) is 0 Å². The first kappa shape index (κ1) is 8.71. The minimum Gasteiger partial charge on any atom is -0.374 e. The summed E-state index contributed by atoms with van der Waals surface area (Å²) < 4.78 is 4.18. The molecule has 0 aliphatic carbocycles. The third-order valence-electron chi connectivity index (χ3n) is 2.22. The van der Waals surface area contributed by atoms with Crippen LogP contribution >= 0.6 is 11.5 Å². The van der Waals surface area contributed by atoms with Crippen molar-refractivity contribution in [1.29, 1.82) is 0 Å². The molecule has 6 heteroatoms. The SMILES string of the molecule is CN1CCN(c2nsc(N)n2)CC1. The minimum atomic E-state index is 0.550. The summed E-state index contributed by atoms with van der Waals surface area (Å²) in [7, 11) is 2.13. The van der Waals surface area contributed by atoms with Gasteiger partial charge in [-0.3, -0.25) is 0 Å². The highest BCUT2D eigenvalue weighted by Gasteiger charge is 2.17. The first-order valence-corrected chi connectivity index (χ1v) is 5.06. The molecule has 0 radical (unpaired) electrons. The number of hydrogen-bond acceptors (Lipinski definition) is 6. The van der Waals surface area contributed by atoms with E-state index in [9.17, 15) is 0 Å². The van der Waals surface area contributed by atoms with Crippen molar-refractivity contribution >= 4 is 22.6 Å². The Bertz CT molecular complexity index is 278. The molecular weight excluding hydrogens is 186 g/mol. The number of rotatable bonds is 1. The van der Waals surface area contributed by atoms with Crippen molar-refractivity contribution in [2.45, 2.75) is 0 Å². The van der Waals surface area contributed by atoms with Crippen molar-refractivity contribution in [3.63, 3.8) is 0 Å². The van der Waals surface area contributed by atoms with Crippen LogP contribution in [0.15, 0.2) is 0 Å². The molecule has 1 aliphatic rings. The number of nitrogens with two attached hydrogens (primary N) is 1. The minimum absolute atomic E-state index is 0.550. The van der Waals surface area contributed by atoms with Gasteiger partial charge >= 0.3 is 0 Å². The maximum absolute atomic E-state index is 5.52. The van der Waals surface area contributed by atoms with Crippen molar-refractivity contribution in [2.24, 2.45) is 0 Å². The Morgan fingerprint density at radius 2 is 2.00 bits per heavy atom. The summed E-state index contributed by atoms with van der Waals surface area (Å²) in [5.41, 5.74) is 5.52. The molecule has 0 unspecified atom stereocenters. The van der Waals surface area contributed by atoms with Crippen LogP contribution in [-0.2, 0) is 0 Å². The smallest absolute Gasteiger partial charge is 0.239 e. The van der Waals surface area contributed by atoms with E-state index in [1.54, 1.807) is 0 Å². The molecule has 1 fully saturated rings. The molecule has 1 saturated heterocycles. The Hall–Kier alpha value is -0.880. The summed E-state index contributed by atoms with van der Waals surface area (Å²) in [6.45, 7) is 4.12. The van der Waals surface area contributed by atoms with Crippen LogP contribution < -0.4 is 10.6 Å². The number of anilines is 2. The van der Waals surface area contributed by atoms with Gasteiger partial charge in [0, 0.05) is 37.7 Å². The van der Waals surface area contributed by atoms with E-state index in [0.29, 0.717) is 5.13 Å². The second kappa shape index (κ2) is 3.47. The van der Waals surface area contributed by atoms with E-state index in [1.807, 2.05) is 0 Å². The van der Waals surface area contributed by atoms with Crippen molar-refractivity contribution in [1.82, 2.24) is 14.3 Å². The molecule has 0 saturated carbocycles. The molecule has 2 N–H and O–H groups in total. The van der Waals surface area contributed by atoms with Gasteiger partial charge in [0.05, 0.1) is 0 Å². The van der Waals surface area contributed by atoms with Crippen LogP contribution in [0.2, 0.25) is 0 Å². The Labute approximate surface area is 81.3 Å². The second-order valence-corrected chi connectivity index (χ2v) is 4.01. The summed E-state index contributed by atoms with van der Waals surface area (Å²) in [6, 6.07) is 0. The zero-order chi connectivity index (χ0) is 9.26. The van der Waals surface area contributed by atoms with Gasteiger partial charge in [0.25, 0.3) is 0 Å². The molecule has 2 rings (SSSR count). The number of nitrogen functional groups attached to an aromatic ring is 1. The number of nitrogens with zero attached hydrogens (tertiary/aromatic N) is 4. The molecule has 0 bridgehead atoms. The van der Waals surface area contributed by atoms with Gasteiger partial charge in [-0.15, -0.1) is 0 Å². The van der Waals surface area contributed by atoms with E-state index in [-0.39, 0.29) is 0 Å². The van der Waals surface area contributed by atoms with Crippen LogP contribution in [0.3, 0.4) is 0 Å². The fourth-order valence-electron chi connectivity index (χ4n) is 1.36. The summed E-state index contributed by atoms with van der Waals surface area (Å²) in [5, 5.41) is 0.550. The number of piperazine rings is 1. The van der Waals surface area contributed by atoms with Crippen LogP contribution in [0.5, 0.6) is 0 Å². The van der Waals surface area contributed by atoms with Crippen LogP contribution in [0.4, 0.5) is 11.1 Å². The lowest BCUT2D eigenvalue weighted by molar-refractivity contribution is 0.311. The molecule has 2 heterocycles. The lowest BCUT2D eigenvalue weighted by Crippen LogP contribution is -2.44. The fraction of sp³-hybridized carbons (Fsp3) is 0.714. The zero-order valence-corrected chi connectivity index (χ0v) is 8.42. The van der Waals surface area contributed by atoms with E-state index in [0.717, 1.165) is 32.1 Å². The van der Waals surface area contributed by atoms with E-state index in [4.69, 9.17) is 5.73 Å². The quantitative estimate of drug-likeness (QED) is 0.683. The predicted octanol–water partition coefficient (Wildman–Crippen LogP) is -0.128. The highest BCUT2D eigenvalue weighted by Crippen LogP contribution is 2.15. The second-order valence-electron chi connectivity index (χ2n) is 3.22. The number of likely N-dealkylation sites (N-methyl/N-ethyl adjacent to an activating group) is 1. The molecule has 0 aromatic carbocycles. The average molecular weight is 199 g/mol. The molecule has 1 aromatic heterocycles. The van der Waals surface area contributed by atoms with E-state index >= 15 is 0 Å². The van der Waals surface area contributed by atoms with Gasteiger partial charge in [0.15, 0.2) is 0 Å². The highest BCUT2D eigenvalue weighted by atomic mass is 32.1. The van der Waals surface area contributed by atoms with Gasteiger partial charge in [-0.2, -0.15) is 9.36 Å². The van der Waals surface area contributed by atoms with Gasteiger partial charge in [-0.05, 0) is 7.05 Å². The molecule has 1 aromatic rings. The summed E-state index contributed by atoms with van der Waals surface area (Å²) in [6.07, 6.45) is 0. The monoisotopic (exact) mass is 199 g/mol. The molecule has 0 amide bonds. The topological polar surface area (TPSA) is 58.3 Å². The van der Waals surface area contributed by atoms with Crippen molar-refractivity contribution in [3.05, 3.63) is 0 Å². The zero-order valence-electron chi connectivity index (χ0n) is 7.60. The van der Waals surface area contributed by atoms with Crippen molar-refractivity contribution in [2.75, 3.05) is 43.9 Å². The summed E-state index contributed by atoms with van der Waals surface area (Å²) in [5.74, 6) is 0.788. The van der Waals surface area contributed by atoms with Crippen molar-refractivity contribution < 1.29 is 0 Å². The van der Waals surface area contributed by atoms with Crippen LogP contribution in [-0.4, -0.2) is 47.5 Å². The molecule has 1 aliphatic heterocycles. The fourth-order valence-corrected chi connectivity index (χ4v) is 1.82. The van der Waals surface area contributed by atoms with Gasteiger partial charge in [-0.1, -0.05) is 0 Å². The first-order chi connectivity index (χ1) is 6.25. The molecule has 72 valence electrons. The highest BCUT2D eigenvalue weighted by molar-refractivity contribution is 7.09. The molecular formula is C7H13N5S. The van der Waals surface area contributed by atoms with Gasteiger partial charge in [-0.25, -0.2) is 0 Å². The maximum Gasteiger partial charge on any atom is 0.239 e. The lowest BCUT2D eigenvalue weighted by Gasteiger charge is -2.31. The Balaban J connectivity index is 2.02. The predicted molar refractivity (Wildman–Crippen MR) is 54.0 cm³/mol. The Kier molecular flexibility index (Phi) is 2.32. The Morgan fingerprint density at radius 3 is 2.54 bits per heavy atom. The standard InChI is InChI=1S/C7H13N5S/c1-11-2-4-12(5-3-11)7-9-6(8)13-10-7/h2-5H2,1H3,(H2,8,9,10). The largest absolute Gasteiger partial charge is 0.374 e.